The molecule has 0 saturated heterocycles. The van der Waals surface area contributed by atoms with Gasteiger partial charge in [-0.25, -0.2) is 9.97 Å². The molecule has 2 aromatic heterocycles. The van der Waals surface area contributed by atoms with Crippen molar-refractivity contribution >= 4 is 54.0 Å². The van der Waals surface area contributed by atoms with Crippen LogP contribution in [0, 0.1) is 0 Å². The molecule has 0 bridgehead atoms. The summed E-state index contributed by atoms with van der Waals surface area (Å²) in [6.45, 7) is 0. The van der Waals surface area contributed by atoms with E-state index in [2.05, 4.69) is 102 Å². The van der Waals surface area contributed by atoms with Crippen LogP contribution >= 0.6 is 11.3 Å². The maximum atomic E-state index is 12.7. The van der Waals surface area contributed by atoms with Crippen LogP contribution in [-0.4, -0.2) is 4.98 Å². The topological polar surface area (TPSA) is 50.1 Å². The number of hydrogen-bond acceptors (Lipinski definition) is 3. The molecule has 0 radical (unpaired) electrons. The third kappa shape index (κ3) is 4.38. The van der Waals surface area contributed by atoms with Crippen LogP contribution in [0.15, 0.2) is 127 Å². The Kier molecular flexibility index (Phi) is 6.33. The molecule has 0 unspecified atom stereocenters. The first kappa shape index (κ1) is 25.5. The number of hydrogen-bond donors (Lipinski definition) is 0. The molecule has 0 aliphatic rings. The molecule has 8 aromatic rings. The summed E-state index contributed by atoms with van der Waals surface area (Å²) in [6.07, 6.45) is 0. The van der Waals surface area contributed by atoms with E-state index in [0.717, 1.165) is 60.0 Å². The molecule has 0 aliphatic carbocycles. The zero-order valence-electron chi connectivity index (χ0n) is 22.4. The van der Waals surface area contributed by atoms with Crippen LogP contribution in [-0.2, 0) is 0 Å². The molecule has 8 rings (SSSR count). The van der Waals surface area contributed by atoms with E-state index in [9.17, 15) is 5.11 Å². The zero-order chi connectivity index (χ0) is 26.6. The fraction of sp³-hybridized carbons (Fsp3) is 0. The summed E-state index contributed by atoms with van der Waals surface area (Å²) < 4.78 is 1.20. The van der Waals surface area contributed by atoms with E-state index < -0.39 is 0 Å². The van der Waals surface area contributed by atoms with Crippen LogP contribution in [0.2, 0.25) is 0 Å². The van der Waals surface area contributed by atoms with Crippen LogP contribution in [0.5, 0.6) is 5.75 Å². The van der Waals surface area contributed by atoms with Crippen LogP contribution in [0.3, 0.4) is 0 Å². The quantitative estimate of drug-likeness (QED) is 0.216. The summed E-state index contributed by atoms with van der Waals surface area (Å²) in [4.78, 5) is 8.29. The van der Waals surface area contributed by atoms with E-state index in [1.54, 1.807) is 23.5 Å². The first-order valence-corrected chi connectivity index (χ1v) is 14.1. The van der Waals surface area contributed by atoms with Crippen LogP contribution in [0.1, 0.15) is 0 Å². The van der Waals surface area contributed by atoms with Crippen molar-refractivity contribution in [3.63, 3.8) is 0 Å². The van der Waals surface area contributed by atoms with Gasteiger partial charge in [0.1, 0.15) is 5.01 Å². The van der Waals surface area contributed by atoms with Gasteiger partial charge in [0.25, 0.3) is 0 Å². The SMILES string of the molecule is [Li+].[O-]c1cccc2ccc(-c3c4ccccc4cc4ccc(-c5ccc(-c6nc7ccccc7s6)cc5)cc34)[nH+]c12. The smallest absolute Gasteiger partial charge is 0.868 e. The molecule has 188 valence electrons. The van der Waals surface area contributed by atoms with Gasteiger partial charge in [0.2, 0.25) is 11.2 Å². The zero-order valence-corrected chi connectivity index (χ0v) is 23.2. The van der Waals surface area contributed by atoms with Crippen molar-refractivity contribution in [1.82, 2.24) is 4.98 Å². The van der Waals surface area contributed by atoms with Gasteiger partial charge in [0.15, 0.2) is 0 Å². The number of para-hydroxylation sites is 2. The van der Waals surface area contributed by atoms with E-state index in [-0.39, 0.29) is 24.6 Å². The molecule has 0 aliphatic heterocycles. The largest absolute Gasteiger partial charge is 1.00 e. The number of rotatable bonds is 3. The molecule has 3 nitrogen and oxygen atoms in total. The number of thiazole rings is 1. The van der Waals surface area contributed by atoms with Crippen molar-refractivity contribution in [2.75, 3.05) is 0 Å². The molecule has 2 heterocycles. The molecule has 0 amide bonds. The van der Waals surface area contributed by atoms with Gasteiger partial charge < -0.3 is 5.11 Å². The van der Waals surface area contributed by atoms with Gasteiger partial charge in [0, 0.05) is 17.0 Å². The van der Waals surface area contributed by atoms with E-state index in [1.807, 2.05) is 18.2 Å². The Morgan fingerprint density at radius 3 is 2.17 bits per heavy atom. The van der Waals surface area contributed by atoms with Gasteiger partial charge in [-0.15, -0.1) is 11.3 Å². The Balaban J connectivity index is 0.00000276. The molecule has 41 heavy (non-hydrogen) atoms. The number of nitrogens with one attached hydrogen (secondary N) is 1. The predicted octanol–water partition coefficient (Wildman–Crippen LogP) is 5.65. The van der Waals surface area contributed by atoms with E-state index in [1.165, 1.54) is 10.1 Å². The number of H-pyrrole nitrogens is 1. The first-order valence-electron chi connectivity index (χ1n) is 13.3. The Hall–Kier alpha value is -4.46. The van der Waals surface area contributed by atoms with Crippen molar-refractivity contribution in [3.8, 4) is 38.7 Å². The molecule has 0 saturated carbocycles. The Labute approximate surface area is 253 Å². The monoisotopic (exact) mass is 537 g/mol. The summed E-state index contributed by atoms with van der Waals surface area (Å²) in [7, 11) is 0. The Bertz CT molecular complexity index is 2210. The van der Waals surface area contributed by atoms with Crippen molar-refractivity contribution in [2.24, 2.45) is 0 Å². The van der Waals surface area contributed by atoms with Gasteiger partial charge in [-0.05, 0) is 74.8 Å². The van der Waals surface area contributed by atoms with Gasteiger partial charge in [-0.2, -0.15) is 0 Å². The molecule has 0 atom stereocenters. The number of benzene rings is 6. The van der Waals surface area contributed by atoms with Crippen molar-refractivity contribution in [2.45, 2.75) is 0 Å². The van der Waals surface area contributed by atoms with Crippen molar-refractivity contribution in [3.05, 3.63) is 127 Å². The third-order valence-corrected chi connectivity index (χ3v) is 8.73. The first-order chi connectivity index (χ1) is 19.7. The Morgan fingerprint density at radius 2 is 1.29 bits per heavy atom. The minimum atomic E-state index is -0.00204. The minimum absolute atomic E-state index is 0. The fourth-order valence-corrected chi connectivity index (χ4v) is 6.62. The van der Waals surface area contributed by atoms with Gasteiger partial charge in [-0.3, -0.25) is 0 Å². The third-order valence-electron chi connectivity index (χ3n) is 7.64. The fourth-order valence-electron chi connectivity index (χ4n) is 5.65. The molecule has 1 N–H and O–H groups in total. The molecular formula is C36H22LiN2OS+. The number of aromatic nitrogens is 2. The minimum Gasteiger partial charge on any atom is -0.868 e. The van der Waals surface area contributed by atoms with Crippen molar-refractivity contribution in [1.29, 1.82) is 0 Å². The predicted molar refractivity (Wildman–Crippen MR) is 164 cm³/mol. The van der Waals surface area contributed by atoms with Crippen LogP contribution < -0.4 is 29.0 Å². The summed E-state index contributed by atoms with van der Waals surface area (Å²) in [5.74, 6) is -0.00204. The van der Waals surface area contributed by atoms with Crippen molar-refractivity contribution < 1.29 is 29.0 Å². The molecule has 5 heteroatoms. The standard InChI is InChI=1S/C36H22N2OS.Li/c39-32-10-5-7-23-18-19-31(37-35(23)32)34-28-8-2-1-6-26(28)20-27-17-16-25(21-29(27)34)22-12-14-24(15-13-22)36-38-30-9-3-4-11-33(30)40-36;/h1-21,39H;/q;+1. The summed E-state index contributed by atoms with van der Waals surface area (Å²) >= 11 is 1.72. The second-order valence-electron chi connectivity index (χ2n) is 10.1. The number of nitrogens with zero attached hydrogens (tertiary/aromatic N) is 1. The van der Waals surface area contributed by atoms with Crippen LogP contribution in [0.4, 0.5) is 0 Å². The molecule has 0 spiro atoms. The van der Waals surface area contributed by atoms with E-state index in [0.29, 0.717) is 5.52 Å². The second kappa shape index (κ2) is 10.2. The second-order valence-corrected chi connectivity index (χ2v) is 11.1. The normalized spacial score (nSPS) is 11.3. The molecule has 0 fully saturated rings. The van der Waals surface area contributed by atoms with Gasteiger partial charge in [0.05, 0.1) is 15.8 Å². The number of pyridine rings is 1. The van der Waals surface area contributed by atoms with E-state index >= 15 is 0 Å². The molecule has 6 aromatic carbocycles. The summed E-state index contributed by atoms with van der Waals surface area (Å²) in [5.41, 5.74) is 7.11. The average Bonchev–Trinajstić information content (AvgIpc) is 3.44. The van der Waals surface area contributed by atoms with Crippen LogP contribution in [0.25, 0.3) is 75.6 Å². The Morgan fingerprint density at radius 1 is 0.585 bits per heavy atom. The average molecular weight is 538 g/mol. The maximum Gasteiger partial charge on any atom is 1.00 e. The molecular weight excluding hydrogens is 515 g/mol. The van der Waals surface area contributed by atoms with Gasteiger partial charge >= 0.3 is 18.9 Å². The summed E-state index contributed by atoms with van der Waals surface area (Å²) in [6, 6.07) is 43.8. The van der Waals surface area contributed by atoms with E-state index in [4.69, 9.17) is 4.98 Å². The number of aromatic amines is 1. The number of fused-ring (bicyclic) bond motifs is 4. The van der Waals surface area contributed by atoms with Gasteiger partial charge in [-0.1, -0.05) is 84.9 Å². The maximum absolute atomic E-state index is 12.7. The summed E-state index contributed by atoms with van der Waals surface area (Å²) in [5, 5.41) is 19.2.